The number of pyridine rings is 1. The molecule has 0 aliphatic heterocycles. The largest absolute Gasteiger partial charge is 0.392 e. The Kier molecular flexibility index (Phi) is 5.83. The highest BCUT2D eigenvalue weighted by Gasteiger charge is 2.44. The van der Waals surface area contributed by atoms with E-state index in [1.54, 1.807) is 0 Å². The first-order valence-corrected chi connectivity index (χ1v) is 9.42. The number of rotatable bonds is 6. The Morgan fingerprint density at radius 3 is 2.37 bits per heavy atom. The molecule has 2 atom stereocenters. The molecular formula is C21H21F4N3O2. The van der Waals surface area contributed by atoms with E-state index in [1.165, 1.54) is 25.1 Å². The molecule has 0 radical (unpaired) electrons. The standard InChI is InChI=1S/C21H21F4N3O2/c1-10-15(7-13(8-16(10)22)20(30)28-14-4-5-14)18(11(2)21(23,24)25)17-6-3-12(9-27-17)19(26)29/h3,6-9,11,14,18H,4-5H2,1-2H3,(H2,26,29)(H,28,30). The summed E-state index contributed by atoms with van der Waals surface area (Å²) in [7, 11) is 0. The summed E-state index contributed by atoms with van der Waals surface area (Å²) in [4.78, 5) is 27.6. The van der Waals surface area contributed by atoms with Gasteiger partial charge in [0.1, 0.15) is 5.82 Å². The van der Waals surface area contributed by atoms with E-state index < -0.39 is 35.6 Å². The molecular weight excluding hydrogens is 402 g/mol. The van der Waals surface area contributed by atoms with Crippen LogP contribution in [0.2, 0.25) is 0 Å². The molecule has 30 heavy (non-hydrogen) atoms. The Hall–Kier alpha value is -2.97. The van der Waals surface area contributed by atoms with Crippen LogP contribution in [-0.2, 0) is 0 Å². The Balaban J connectivity index is 2.11. The van der Waals surface area contributed by atoms with E-state index >= 15 is 0 Å². The number of hydrogen-bond acceptors (Lipinski definition) is 3. The SMILES string of the molecule is Cc1c(F)cc(C(=O)NC2CC2)cc1C(c1ccc(C(N)=O)cn1)C(C)C(F)(F)F. The Labute approximate surface area is 170 Å². The van der Waals surface area contributed by atoms with Crippen LogP contribution >= 0.6 is 0 Å². The number of nitrogens with two attached hydrogens (primary N) is 1. The molecule has 160 valence electrons. The molecule has 1 aromatic carbocycles. The second-order valence-corrected chi connectivity index (χ2v) is 7.56. The van der Waals surface area contributed by atoms with E-state index in [0.29, 0.717) is 0 Å². The number of halogens is 4. The summed E-state index contributed by atoms with van der Waals surface area (Å²) in [6, 6.07) is 4.86. The van der Waals surface area contributed by atoms with Gasteiger partial charge in [0.2, 0.25) is 5.91 Å². The van der Waals surface area contributed by atoms with Gasteiger partial charge >= 0.3 is 6.18 Å². The highest BCUT2D eigenvalue weighted by molar-refractivity contribution is 5.95. The summed E-state index contributed by atoms with van der Waals surface area (Å²) < 4.78 is 55.6. The molecule has 5 nitrogen and oxygen atoms in total. The van der Waals surface area contributed by atoms with Crippen molar-refractivity contribution in [2.75, 3.05) is 0 Å². The molecule has 2 aromatic rings. The van der Waals surface area contributed by atoms with Crippen molar-refractivity contribution in [3.8, 4) is 0 Å². The van der Waals surface area contributed by atoms with Crippen LogP contribution in [0.5, 0.6) is 0 Å². The number of hydrogen-bond donors (Lipinski definition) is 2. The molecule has 9 heteroatoms. The minimum Gasteiger partial charge on any atom is -0.366 e. The number of benzene rings is 1. The zero-order valence-electron chi connectivity index (χ0n) is 16.4. The third-order valence-corrected chi connectivity index (χ3v) is 5.30. The number of aromatic nitrogens is 1. The minimum atomic E-state index is -4.61. The van der Waals surface area contributed by atoms with E-state index in [0.717, 1.165) is 32.0 Å². The lowest BCUT2D eigenvalue weighted by molar-refractivity contribution is -0.173. The van der Waals surface area contributed by atoms with Gasteiger partial charge in [0.15, 0.2) is 0 Å². The van der Waals surface area contributed by atoms with Crippen molar-refractivity contribution in [1.29, 1.82) is 0 Å². The normalized spacial score (nSPS) is 16.1. The first kappa shape index (κ1) is 21.7. The second kappa shape index (κ2) is 8.04. The van der Waals surface area contributed by atoms with Crippen LogP contribution < -0.4 is 11.1 Å². The third-order valence-electron chi connectivity index (χ3n) is 5.30. The van der Waals surface area contributed by atoms with Gasteiger partial charge in [0.05, 0.1) is 11.5 Å². The smallest absolute Gasteiger partial charge is 0.366 e. The van der Waals surface area contributed by atoms with Crippen molar-refractivity contribution in [2.45, 2.75) is 44.8 Å². The highest BCUT2D eigenvalue weighted by atomic mass is 19.4. The van der Waals surface area contributed by atoms with E-state index in [4.69, 9.17) is 5.73 Å². The van der Waals surface area contributed by atoms with Crippen LogP contribution in [-0.4, -0.2) is 29.0 Å². The average Bonchev–Trinajstić information content (AvgIpc) is 3.48. The second-order valence-electron chi connectivity index (χ2n) is 7.56. The van der Waals surface area contributed by atoms with Crippen molar-refractivity contribution >= 4 is 11.8 Å². The lowest BCUT2D eigenvalue weighted by Gasteiger charge is -2.28. The van der Waals surface area contributed by atoms with Crippen LogP contribution in [0.15, 0.2) is 30.5 Å². The summed E-state index contributed by atoms with van der Waals surface area (Å²) in [6.45, 7) is 2.34. The average molecular weight is 423 g/mol. The summed E-state index contributed by atoms with van der Waals surface area (Å²) in [5.41, 5.74) is 5.17. The fourth-order valence-corrected chi connectivity index (χ4v) is 3.26. The van der Waals surface area contributed by atoms with Gasteiger partial charge in [-0.2, -0.15) is 13.2 Å². The molecule has 1 saturated carbocycles. The molecule has 2 amide bonds. The maximum atomic E-state index is 14.6. The minimum absolute atomic E-state index is 0.000139. The molecule has 3 rings (SSSR count). The summed E-state index contributed by atoms with van der Waals surface area (Å²) in [6.07, 6.45) is -1.89. The maximum Gasteiger partial charge on any atom is 0.392 e. The van der Waals surface area contributed by atoms with Gasteiger partial charge in [-0.3, -0.25) is 14.6 Å². The van der Waals surface area contributed by atoms with E-state index in [-0.39, 0.29) is 34.0 Å². The van der Waals surface area contributed by atoms with E-state index in [9.17, 15) is 27.2 Å². The summed E-state index contributed by atoms with van der Waals surface area (Å²) in [5.74, 6) is -5.38. The Morgan fingerprint density at radius 2 is 1.87 bits per heavy atom. The van der Waals surface area contributed by atoms with Gasteiger partial charge in [-0.1, -0.05) is 6.92 Å². The molecule has 3 N–H and O–H groups in total. The van der Waals surface area contributed by atoms with Crippen LogP contribution in [0.4, 0.5) is 17.6 Å². The Morgan fingerprint density at radius 1 is 1.20 bits per heavy atom. The predicted octanol–water partition coefficient (Wildman–Crippen LogP) is 3.85. The molecule has 1 aliphatic carbocycles. The van der Waals surface area contributed by atoms with Crippen molar-refractivity contribution < 1.29 is 27.2 Å². The lowest BCUT2D eigenvalue weighted by Crippen LogP contribution is -2.29. The van der Waals surface area contributed by atoms with Crippen molar-refractivity contribution in [3.05, 3.63) is 64.2 Å². The van der Waals surface area contributed by atoms with Gasteiger partial charge in [0.25, 0.3) is 5.91 Å². The number of alkyl halides is 3. The fraction of sp³-hybridized carbons (Fsp3) is 0.381. The van der Waals surface area contributed by atoms with E-state index in [2.05, 4.69) is 10.3 Å². The van der Waals surface area contributed by atoms with Gasteiger partial charge in [-0.05, 0) is 55.2 Å². The topological polar surface area (TPSA) is 85.1 Å². The number of amides is 2. The van der Waals surface area contributed by atoms with Crippen LogP contribution in [0.25, 0.3) is 0 Å². The molecule has 0 spiro atoms. The zero-order valence-corrected chi connectivity index (χ0v) is 16.4. The van der Waals surface area contributed by atoms with E-state index in [1.807, 2.05) is 0 Å². The molecule has 1 aromatic heterocycles. The van der Waals surface area contributed by atoms with Gasteiger partial charge in [-0.25, -0.2) is 4.39 Å². The lowest BCUT2D eigenvalue weighted by atomic mass is 9.80. The molecule has 1 aliphatic rings. The monoisotopic (exact) mass is 423 g/mol. The highest BCUT2D eigenvalue weighted by Crippen LogP contribution is 2.42. The zero-order chi connectivity index (χ0) is 22.2. The molecule has 0 bridgehead atoms. The molecule has 1 heterocycles. The quantitative estimate of drug-likeness (QED) is 0.692. The summed E-state index contributed by atoms with van der Waals surface area (Å²) >= 11 is 0. The number of carbonyl (C=O) groups is 2. The first-order valence-electron chi connectivity index (χ1n) is 9.42. The third kappa shape index (κ3) is 4.60. The van der Waals surface area contributed by atoms with Crippen molar-refractivity contribution in [3.63, 3.8) is 0 Å². The van der Waals surface area contributed by atoms with Crippen molar-refractivity contribution in [2.24, 2.45) is 11.7 Å². The number of nitrogens with zero attached hydrogens (tertiary/aromatic N) is 1. The van der Waals surface area contributed by atoms with Crippen LogP contribution in [0.3, 0.4) is 0 Å². The summed E-state index contributed by atoms with van der Waals surface area (Å²) in [5, 5.41) is 2.71. The molecule has 0 saturated heterocycles. The predicted molar refractivity (Wildman–Crippen MR) is 101 cm³/mol. The van der Waals surface area contributed by atoms with Gasteiger partial charge < -0.3 is 11.1 Å². The number of primary amides is 1. The first-order chi connectivity index (χ1) is 14.0. The van der Waals surface area contributed by atoms with Gasteiger partial charge in [0, 0.05) is 29.4 Å². The van der Waals surface area contributed by atoms with Crippen molar-refractivity contribution in [1.82, 2.24) is 10.3 Å². The fourth-order valence-electron chi connectivity index (χ4n) is 3.26. The molecule has 1 fully saturated rings. The van der Waals surface area contributed by atoms with Crippen LogP contribution in [0.1, 0.15) is 63.2 Å². The van der Waals surface area contributed by atoms with Gasteiger partial charge in [-0.15, -0.1) is 0 Å². The number of nitrogens with one attached hydrogen (secondary N) is 1. The Bertz CT molecular complexity index is 969. The molecule has 2 unspecified atom stereocenters. The van der Waals surface area contributed by atoms with Crippen LogP contribution in [0, 0.1) is 18.7 Å². The maximum absolute atomic E-state index is 14.6. The number of carbonyl (C=O) groups excluding carboxylic acids is 2.